The third kappa shape index (κ3) is 6.58. The molecule has 74 valence electrons. The first kappa shape index (κ1) is 11.9. The van der Waals surface area contributed by atoms with Crippen molar-refractivity contribution < 1.29 is 5.11 Å². The highest BCUT2D eigenvalue weighted by molar-refractivity contribution is 4.80. The second-order valence-electron chi connectivity index (χ2n) is 4.55. The van der Waals surface area contributed by atoms with Gasteiger partial charge in [0, 0.05) is 18.6 Å². The van der Waals surface area contributed by atoms with Crippen molar-refractivity contribution >= 4 is 0 Å². The molecule has 0 saturated carbocycles. The first-order valence-electron chi connectivity index (χ1n) is 4.39. The largest absolute Gasteiger partial charge is 0.389 e. The molecule has 3 N–H and O–H groups in total. The Morgan fingerprint density at radius 1 is 1.08 bits per heavy atom. The average molecular weight is 174 g/mol. The number of nitrogens with one attached hydrogen (secondary N) is 2. The van der Waals surface area contributed by atoms with Crippen molar-refractivity contribution in [2.24, 2.45) is 0 Å². The molecule has 0 spiro atoms. The molecule has 3 heteroatoms. The predicted molar refractivity (Wildman–Crippen MR) is 52.3 cm³/mol. The van der Waals surface area contributed by atoms with Gasteiger partial charge in [0.05, 0.1) is 5.60 Å². The molecule has 0 saturated heterocycles. The van der Waals surface area contributed by atoms with Crippen LogP contribution in [0.25, 0.3) is 0 Å². The van der Waals surface area contributed by atoms with Gasteiger partial charge in [0.25, 0.3) is 0 Å². The van der Waals surface area contributed by atoms with Gasteiger partial charge in [-0.2, -0.15) is 0 Å². The Morgan fingerprint density at radius 2 is 1.58 bits per heavy atom. The minimum atomic E-state index is -0.621. The summed E-state index contributed by atoms with van der Waals surface area (Å²) in [5.41, 5.74) is -0.533. The van der Waals surface area contributed by atoms with E-state index in [2.05, 4.69) is 24.5 Å². The van der Waals surface area contributed by atoms with Gasteiger partial charge in [-0.3, -0.25) is 0 Å². The van der Waals surface area contributed by atoms with Gasteiger partial charge >= 0.3 is 0 Å². The lowest BCUT2D eigenvalue weighted by Crippen LogP contribution is -2.48. The van der Waals surface area contributed by atoms with Crippen molar-refractivity contribution in [3.63, 3.8) is 0 Å². The molecule has 0 amide bonds. The molecule has 0 aromatic heterocycles. The lowest BCUT2D eigenvalue weighted by Gasteiger charge is -2.26. The molecule has 0 radical (unpaired) electrons. The molecule has 0 unspecified atom stereocenters. The van der Waals surface area contributed by atoms with E-state index in [9.17, 15) is 5.11 Å². The van der Waals surface area contributed by atoms with Crippen LogP contribution in [0, 0.1) is 0 Å². The Hall–Kier alpha value is -0.120. The fourth-order valence-electron chi connectivity index (χ4n) is 0.769. The Bertz CT molecular complexity index is 127. The second-order valence-corrected chi connectivity index (χ2v) is 4.55. The van der Waals surface area contributed by atoms with E-state index in [0.29, 0.717) is 6.54 Å². The number of hydrogen-bond acceptors (Lipinski definition) is 3. The normalized spacial score (nSPS) is 13.5. The van der Waals surface area contributed by atoms with Crippen molar-refractivity contribution in [2.45, 2.75) is 38.8 Å². The second kappa shape index (κ2) is 4.21. The maximum absolute atomic E-state index is 9.40. The van der Waals surface area contributed by atoms with Crippen LogP contribution in [0.3, 0.4) is 0 Å². The molecule has 3 nitrogen and oxygen atoms in total. The minimum Gasteiger partial charge on any atom is -0.389 e. The standard InChI is InChI=1S/C9H22N2O/c1-8(2,10-5)6-11-7-9(3,4)12/h10-12H,6-7H2,1-5H3. The molecule has 12 heavy (non-hydrogen) atoms. The maximum Gasteiger partial charge on any atom is 0.0715 e. The summed E-state index contributed by atoms with van der Waals surface area (Å²) in [5.74, 6) is 0. The molecular weight excluding hydrogens is 152 g/mol. The van der Waals surface area contributed by atoms with Gasteiger partial charge in [-0.05, 0) is 34.7 Å². The highest BCUT2D eigenvalue weighted by atomic mass is 16.3. The van der Waals surface area contributed by atoms with E-state index in [1.165, 1.54) is 0 Å². The Balaban J connectivity index is 3.57. The van der Waals surface area contributed by atoms with E-state index < -0.39 is 5.60 Å². The SMILES string of the molecule is CNC(C)(C)CNCC(C)(C)O. The summed E-state index contributed by atoms with van der Waals surface area (Å²) in [4.78, 5) is 0. The molecule has 0 atom stereocenters. The van der Waals surface area contributed by atoms with Gasteiger partial charge in [-0.25, -0.2) is 0 Å². The fraction of sp³-hybridized carbons (Fsp3) is 1.00. The van der Waals surface area contributed by atoms with E-state index in [0.717, 1.165) is 6.54 Å². The van der Waals surface area contributed by atoms with Crippen LogP contribution in [0.15, 0.2) is 0 Å². The van der Waals surface area contributed by atoms with E-state index in [4.69, 9.17) is 0 Å². The third-order valence-corrected chi connectivity index (χ3v) is 1.80. The number of likely N-dealkylation sites (N-methyl/N-ethyl adjacent to an activating group) is 1. The number of hydrogen-bond donors (Lipinski definition) is 3. The fourth-order valence-corrected chi connectivity index (χ4v) is 0.769. The summed E-state index contributed by atoms with van der Waals surface area (Å²) in [7, 11) is 1.94. The Morgan fingerprint density at radius 3 is 1.92 bits per heavy atom. The molecule has 0 aliphatic carbocycles. The van der Waals surface area contributed by atoms with Crippen molar-refractivity contribution in [3.8, 4) is 0 Å². The van der Waals surface area contributed by atoms with Crippen LogP contribution < -0.4 is 10.6 Å². The van der Waals surface area contributed by atoms with Gasteiger partial charge in [0.1, 0.15) is 0 Å². The summed E-state index contributed by atoms with van der Waals surface area (Å²) in [5, 5.41) is 15.8. The Kier molecular flexibility index (Phi) is 4.17. The summed E-state index contributed by atoms with van der Waals surface area (Å²) >= 11 is 0. The van der Waals surface area contributed by atoms with Crippen LogP contribution >= 0.6 is 0 Å². The van der Waals surface area contributed by atoms with Gasteiger partial charge in [0.15, 0.2) is 0 Å². The quantitative estimate of drug-likeness (QED) is 0.563. The molecule has 0 heterocycles. The highest BCUT2D eigenvalue weighted by Crippen LogP contribution is 2.01. The van der Waals surface area contributed by atoms with Gasteiger partial charge in [0.2, 0.25) is 0 Å². The lowest BCUT2D eigenvalue weighted by molar-refractivity contribution is 0.0781. The number of aliphatic hydroxyl groups is 1. The zero-order valence-corrected chi connectivity index (χ0v) is 8.86. The number of rotatable bonds is 5. The highest BCUT2D eigenvalue weighted by Gasteiger charge is 2.16. The van der Waals surface area contributed by atoms with Gasteiger partial charge in [-0.15, -0.1) is 0 Å². The molecule has 0 aromatic carbocycles. The van der Waals surface area contributed by atoms with E-state index in [-0.39, 0.29) is 5.54 Å². The van der Waals surface area contributed by atoms with E-state index >= 15 is 0 Å². The summed E-state index contributed by atoms with van der Waals surface area (Å²) < 4.78 is 0. The summed E-state index contributed by atoms with van der Waals surface area (Å²) in [6.45, 7) is 9.30. The molecular formula is C9H22N2O. The van der Waals surface area contributed by atoms with E-state index in [1.54, 1.807) is 13.8 Å². The van der Waals surface area contributed by atoms with Crippen LogP contribution in [-0.4, -0.2) is 36.4 Å². The van der Waals surface area contributed by atoms with Crippen molar-refractivity contribution in [1.29, 1.82) is 0 Å². The van der Waals surface area contributed by atoms with Crippen LogP contribution in [-0.2, 0) is 0 Å². The maximum atomic E-state index is 9.40. The zero-order chi connectivity index (χ0) is 9.83. The van der Waals surface area contributed by atoms with Crippen LogP contribution in [0.1, 0.15) is 27.7 Å². The minimum absolute atomic E-state index is 0.0885. The molecule has 0 bridgehead atoms. The average Bonchev–Trinajstić information content (AvgIpc) is 1.84. The van der Waals surface area contributed by atoms with Crippen LogP contribution in [0.2, 0.25) is 0 Å². The van der Waals surface area contributed by atoms with Crippen molar-refractivity contribution in [2.75, 3.05) is 20.1 Å². The molecule has 0 rings (SSSR count). The molecule has 0 aliphatic heterocycles. The lowest BCUT2D eigenvalue weighted by atomic mass is 10.1. The Labute approximate surface area is 75.6 Å². The first-order valence-corrected chi connectivity index (χ1v) is 4.39. The zero-order valence-electron chi connectivity index (χ0n) is 8.86. The molecule has 0 fully saturated rings. The topological polar surface area (TPSA) is 44.3 Å². The van der Waals surface area contributed by atoms with Crippen LogP contribution in [0.5, 0.6) is 0 Å². The van der Waals surface area contributed by atoms with Crippen molar-refractivity contribution in [3.05, 3.63) is 0 Å². The predicted octanol–water partition coefficient (Wildman–Crippen LogP) is 0.345. The first-order chi connectivity index (χ1) is 5.27. The third-order valence-electron chi connectivity index (χ3n) is 1.80. The monoisotopic (exact) mass is 174 g/mol. The molecule has 0 aromatic rings. The summed E-state index contributed by atoms with van der Waals surface area (Å²) in [6, 6.07) is 0. The van der Waals surface area contributed by atoms with Crippen LogP contribution in [0.4, 0.5) is 0 Å². The smallest absolute Gasteiger partial charge is 0.0715 e. The van der Waals surface area contributed by atoms with E-state index in [1.807, 2.05) is 7.05 Å². The summed E-state index contributed by atoms with van der Waals surface area (Å²) in [6.07, 6.45) is 0. The molecule has 0 aliphatic rings. The van der Waals surface area contributed by atoms with Crippen molar-refractivity contribution in [1.82, 2.24) is 10.6 Å². The van der Waals surface area contributed by atoms with Gasteiger partial charge in [-0.1, -0.05) is 0 Å². The van der Waals surface area contributed by atoms with Gasteiger partial charge < -0.3 is 15.7 Å².